The average molecular weight is 211 g/mol. The molecule has 3 heteroatoms. The summed E-state index contributed by atoms with van der Waals surface area (Å²) < 4.78 is 12.2. The maximum Gasteiger partial charge on any atom is 0.124 e. The second-order valence-electron chi connectivity index (χ2n) is 5.51. The van der Waals surface area contributed by atoms with Gasteiger partial charge in [0.25, 0.3) is 0 Å². The zero-order chi connectivity index (χ0) is 10.7. The Morgan fingerprint density at radius 3 is 1.87 bits per heavy atom. The summed E-state index contributed by atoms with van der Waals surface area (Å²) in [6.07, 6.45) is 4.42. The Kier molecular flexibility index (Phi) is 1.85. The fraction of sp³-hybridized carbons (Fsp3) is 1.00. The molecule has 3 nitrogen and oxygen atoms in total. The van der Waals surface area contributed by atoms with Crippen molar-refractivity contribution in [3.8, 4) is 0 Å². The van der Waals surface area contributed by atoms with Gasteiger partial charge in [0.05, 0.1) is 18.8 Å². The Hall–Kier alpha value is -0.120. The molecular weight excluding hydrogens is 190 g/mol. The van der Waals surface area contributed by atoms with E-state index in [-0.39, 0.29) is 17.0 Å². The van der Waals surface area contributed by atoms with Crippen molar-refractivity contribution in [2.45, 2.75) is 63.4 Å². The van der Waals surface area contributed by atoms with E-state index in [0.717, 1.165) is 38.9 Å². The molecule has 0 bridgehead atoms. The zero-order valence-electron chi connectivity index (χ0n) is 10.0. The van der Waals surface area contributed by atoms with Crippen LogP contribution in [0.25, 0.3) is 0 Å². The van der Waals surface area contributed by atoms with E-state index in [1.807, 2.05) is 0 Å². The average Bonchev–Trinajstić information content (AvgIpc) is 2.83. The highest BCUT2D eigenvalue weighted by Crippen LogP contribution is 2.57. The summed E-state index contributed by atoms with van der Waals surface area (Å²) in [5.41, 5.74) is 0.102. The Morgan fingerprint density at radius 2 is 1.47 bits per heavy atom. The molecule has 86 valence electrons. The molecule has 0 N–H and O–H groups in total. The fourth-order valence-electron chi connectivity index (χ4n) is 3.87. The first kappa shape index (κ1) is 10.1. The van der Waals surface area contributed by atoms with E-state index in [4.69, 9.17) is 9.47 Å². The highest BCUT2D eigenvalue weighted by Gasteiger charge is 2.69. The molecule has 2 unspecified atom stereocenters. The fourth-order valence-corrected chi connectivity index (χ4v) is 3.87. The molecule has 0 aromatic rings. The maximum absolute atomic E-state index is 6.12. The number of ether oxygens (including phenoxy) is 2. The molecule has 0 amide bonds. The van der Waals surface area contributed by atoms with E-state index in [2.05, 4.69) is 25.7 Å². The first-order valence-electron chi connectivity index (χ1n) is 6.19. The summed E-state index contributed by atoms with van der Waals surface area (Å²) in [6.45, 7) is 8.42. The summed E-state index contributed by atoms with van der Waals surface area (Å²) in [5, 5.41) is 0. The maximum atomic E-state index is 6.12. The molecule has 3 fully saturated rings. The highest BCUT2D eigenvalue weighted by molar-refractivity contribution is 5.14. The number of rotatable bonds is 2. The van der Waals surface area contributed by atoms with Crippen LogP contribution >= 0.6 is 0 Å². The third kappa shape index (κ3) is 0.973. The first-order chi connectivity index (χ1) is 7.11. The molecule has 0 radical (unpaired) electrons. The minimum absolute atomic E-state index is 0.0126. The lowest BCUT2D eigenvalue weighted by Gasteiger charge is -2.39. The van der Waals surface area contributed by atoms with Crippen LogP contribution in [-0.2, 0) is 9.47 Å². The summed E-state index contributed by atoms with van der Waals surface area (Å²) >= 11 is 0. The van der Waals surface area contributed by atoms with Crippen molar-refractivity contribution < 1.29 is 9.47 Å². The van der Waals surface area contributed by atoms with Gasteiger partial charge in [-0.05, 0) is 32.6 Å². The lowest BCUT2D eigenvalue weighted by molar-refractivity contribution is -0.144. The van der Waals surface area contributed by atoms with Crippen LogP contribution < -0.4 is 0 Å². The standard InChI is InChI=1S/C12H21NO2/c1-4-11-6-7-12(5-2)13(11)10(3,8-14-11)9-15-12/h4-9H2,1-3H3. The Morgan fingerprint density at radius 1 is 1.00 bits per heavy atom. The summed E-state index contributed by atoms with van der Waals surface area (Å²) in [6, 6.07) is 0. The van der Waals surface area contributed by atoms with Crippen LogP contribution in [0.5, 0.6) is 0 Å². The molecule has 0 aromatic carbocycles. The van der Waals surface area contributed by atoms with E-state index in [1.54, 1.807) is 0 Å². The topological polar surface area (TPSA) is 21.7 Å². The monoisotopic (exact) mass is 211 g/mol. The lowest BCUT2D eigenvalue weighted by Crippen LogP contribution is -2.54. The molecule has 3 rings (SSSR count). The molecule has 2 atom stereocenters. The van der Waals surface area contributed by atoms with Gasteiger partial charge in [-0.25, -0.2) is 4.90 Å². The third-order valence-corrected chi connectivity index (χ3v) is 4.67. The van der Waals surface area contributed by atoms with Gasteiger partial charge in [0, 0.05) is 0 Å². The van der Waals surface area contributed by atoms with Gasteiger partial charge >= 0.3 is 0 Å². The van der Waals surface area contributed by atoms with E-state index >= 15 is 0 Å². The number of hydrogen-bond acceptors (Lipinski definition) is 3. The van der Waals surface area contributed by atoms with Gasteiger partial charge in [0.2, 0.25) is 0 Å². The SMILES string of the molecule is CCC12CCC3(CC)OCC(C)(CO1)N23. The van der Waals surface area contributed by atoms with Gasteiger partial charge in [-0.1, -0.05) is 13.8 Å². The summed E-state index contributed by atoms with van der Waals surface area (Å²) in [7, 11) is 0. The Balaban J connectivity index is 2.06. The van der Waals surface area contributed by atoms with E-state index in [0.29, 0.717) is 0 Å². The molecule has 0 aromatic heterocycles. The van der Waals surface area contributed by atoms with Crippen molar-refractivity contribution in [1.82, 2.24) is 4.90 Å². The zero-order valence-corrected chi connectivity index (χ0v) is 10.0. The van der Waals surface area contributed by atoms with Gasteiger partial charge in [-0.15, -0.1) is 0 Å². The molecule has 0 aliphatic carbocycles. The summed E-state index contributed by atoms with van der Waals surface area (Å²) in [4.78, 5) is 2.56. The highest BCUT2D eigenvalue weighted by atomic mass is 16.6. The van der Waals surface area contributed by atoms with Crippen molar-refractivity contribution in [2.75, 3.05) is 13.2 Å². The normalized spacial score (nSPS) is 53.8. The van der Waals surface area contributed by atoms with Crippen LogP contribution in [0.1, 0.15) is 46.5 Å². The van der Waals surface area contributed by atoms with Crippen LogP contribution in [-0.4, -0.2) is 35.1 Å². The smallest absolute Gasteiger partial charge is 0.124 e. The van der Waals surface area contributed by atoms with Gasteiger partial charge in [-0.2, -0.15) is 0 Å². The van der Waals surface area contributed by atoms with Gasteiger partial charge in [0.15, 0.2) is 0 Å². The van der Waals surface area contributed by atoms with Gasteiger partial charge in [0.1, 0.15) is 11.4 Å². The van der Waals surface area contributed by atoms with Crippen LogP contribution in [0.3, 0.4) is 0 Å². The minimum atomic E-state index is -0.0126. The van der Waals surface area contributed by atoms with Crippen LogP contribution in [0.2, 0.25) is 0 Å². The van der Waals surface area contributed by atoms with E-state index < -0.39 is 0 Å². The molecule has 0 saturated carbocycles. The quantitative estimate of drug-likeness (QED) is 0.698. The Labute approximate surface area is 91.7 Å². The van der Waals surface area contributed by atoms with Gasteiger partial charge in [-0.3, -0.25) is 0 Å². The molecular formula is C12H21NO2. The van der Waals surface area contributed by atoms with Crippen molar-refractivity contribution in [3.63, 3.8) is 0 Å². The molecule has 3 aliphatic heterocycles. The van der Waals surface area contributed by atoms with Crippen molar-refractivity contribution >= 4 is 0 Å². The molecule has 3 aliphatic rings. The molecule has 15 heavy (non-hydrogen) atoms. The minimum Gasteiger partial charge on any atom is -0.358 e. The summed E-state index contributed by atoms with van der Waals surface area (Å²) in [5.74, 6) is 0. The number of hydrogen-bond donors (Lipinski definition) is 0. The third-order valence-electron chi connectivity index (χ3n) is 4.67. The van der Waals surface area contributed by atoms with Crippen molar-refractivity contribution in [2.24, 2.45) is 0 Å². The number of nitrogens with zero attached hydrogens (tertiary/aromatic N) is 1. The Bertz CT molecular complexity index is 269. The van der Waals surface area contributed by atoms with E-state index in [1.165, 1.54) is 0 Å². The van der Waals surface area contributed by atoms with Crippen molar-refractivity contribution in [3.05, 3.63) is 0 Å². The predicted molar refractivity (Wildman–Crippen MR) is 57.4 cm³/mol. The second-order valence-corrected chi connectivity index (χ2v) is 5.51. The van der Waals surface area contributed by atoms with Crippen LogP contribution in [0, 0.1) is 0 Å². The lowest BCUT2D eigenvalue weighted by atomic mass is 10.0. The molecule has 0 spiro atoms. The van der Waals surface area contributed by atoms with E-state index in [9.17, 15) is 0 Å². The van der Waals surface area contributed by atoms with Crippen LogP contribution in [0.15, 0.2) is 0 Å². The molecule has 3 saturated heterocycles. The predicted octanol–water partition coefficient (Wildman–Crippen LogP) is 2.11. The molecule has 3 heterocycles. The van der Waals surface area contributed by atoms with Crippen molar-refractivity contribution in [1.29, 1.82) is 0 Å². The first-order valence-corrected chi connectivity index (χ1v) is 6.19. The van der Waals surface area contributed by atoms with Crippen LogP contribution in [0.4, 0.5) is 0 Å². The largest absolute Gasteiger partial charge is 0.358 e. The second kappa shape index (κ2) is 2.76. The van der Waals surface area contributed by atoms with Gasteiger partial charge < -0.3 is 9.47 Å².